The molecule has 3 aromatic rings. The van der Waals surface area contributed by atoms with Crippen molar-refractivity contribution < 1.29 is 4.79 Å². The Balaban J connectivity index is 1.33. The van der Waals surface area contributed by atoms with Crippen LogP contribution in [-0.2, 0) is 17.6 Å². The quantitative estimate of drug-likeness (QED) is 0.537. The summed E-state index contributed by atoms with van der Waals surface area (Å²) in [7, 11) is 0. The Hall–Kier alpha value is -2.11. The first-order valence-electron chi connectivity index (χ1n) is 9.33. The number of rotatable bonds is 6. The van der Waals surface area contributed by atoms with Crippen molar-refractivity contribution in [3.63, 3.8) is 0 Å². The molecule has 0 atom stereocenters. The van der Waals surface area contributed by atoms with Crippen LogP contribution in [0.4, 0.5) is 5.13 Å². The fourth-order valence-electron chi connectivity index (χ4n) is 3.32. The fourth-order valence-corrected chi connectivity index (χ4v) is 4.93. The van der Waals surface area contributed by atoms with E-state index in [0.29, 0.717) is 11.6 Å². The lowest BCUT2D eigenvalue weighted by Gasteiger charge is -2.16. The molecule has 5 heteroatoms. The maximum atomic E-state index is 12.2. The Morgan fingerprint density at radius 3 is 2.74 bits per heavy atom. The molecule has 0 saturated heterocycles. The Kier molecular flexibility index (Phi) is 5.90. The number of carbonyl (C=O) groups excluding carboxylic acids is 1. The second kappa shape index (κ2) is 8.72. The van der Waals surface area contributed by atoms with E-state index in [9.17, 15) is 4.79 Å². The van der Waals surface area contributed by atoms with Crippen molar-refractivity contribution in [1.29, 1.82) is 0 Å². The Morgan fingerprint density at radius 2 is 1.89 bits per heavy atom. The van der Waals surface area contributed by atoms with Gasteiger partial charge >= 0.3 is 0 Å². The number of thioether (sulfide) groups is 1. The number of nitrogens with zero attached hydrogens (tertiary/aromatic N) is 1. The number of fused-ring (bicyclic) bond motifs is 1. The van der Waals surface area contributed by atoms with Crippen molar-refractivity contribution in [3.05, 3.63) is 65.0 Å². The van der Waals surface area contributed by atoms with Gasteiger partial charge in [0.15, 0.2) is 5.13 Å². The molecule has 0 saturated carbocycles. The molecule has 3 nitrogen and oxygen atoms in total. The maximum absolute atomic E-state index is 12.2. The van der Waals surface area contributed by atoms with Gasteiger partial charge in [0.1, 0.15) is 0 Å². The minimum atomic E-state index is 0.0183. The van der Waals surface area contributed by atoms with Crippen LogP contribution in [0.2, 0.25) is 0 Å². The predicted octanol–water partition coefficient (Wildman–Crippen LogP) is 5.81. The van der Waals surface area contributed by atoms with E-state index in [1.807, 2.05) is 23.6 Å². The van der Waals surface area contributed by atoms with Gasteiger partial charge in [-0.1, -0.05) is 30.3 Å². The summed E-state index contributed by atoms with van der Waals surface area (Å²) in [4.78, 5) is 18.0. The molecule has 1 heterocycles. The fraction of sp³-hybridized carbons (Fsp3) is 0.273. The highest BCUT2D eigenvalue weighted by Crippen LogP contribution is 2.29. The normalized spacial score (nSPS) is 13.2. The largest absolute Gasteiger partial charge is 0.302 e. The second-order valence-electron chi connectivity index (χ2n) is 6.69. The van der Waals surface area contributed by atoms with E-state index in [1.54, 1.807) is 11.8 Å². The van der Waals surface area contributed by atoms with Crippen molar-refractivity contribution in [2.45, 2.75) is 37.0 Å². The summed E-state index contributed by atoms with van der Waals surface area (Å²) in [6.07, 6.45) is 5.40. The molecule has 1 aromatic heterocycles. The topological polar surface area (TPSA) is 42.0 Å². The van der Waals surface area contributed by atoms with Crippen molar-refractivity contribution in [3.8, 4) is 11.3 Å². The molecule has 0 radical (unpaired) electrons. The van der Waals surface area contributed by atoms with Crippen molar-refractivity contribution in [2.24, 2.45) is 0 Å². The zero-order valence-corrected chi connectivity index (χ0v) is 16.7. The summed E-state index contributed by atoms with van der Waals surface area (Å²) in [5.74, 6) is 0.781. The van der Waals surface area contributed by atoms with Gasteiger partial charge in [0, 0.05) is 28.0 Å². The molecule has 4 rings (SSSR count). The van der Waals surface area contributed by atoms with Gasteiger partial charge in [-0.15, -0.1) is 23.1 Å². The summed E-state index contributed by atoms with van der Waals surface area (Å²) >= 11 is 3.19. The molecule has 0 fully saturated rings. The third-order valence-electron chi connectivity index (χ3n) is 4.74. The third-order valence-corrected chi connectivity index (χ3v) is 6.51. The zero-order valence-electron chi connectivity index (χ0n) is 15.1. The number of benzene rings is 2. The minimum absolute atomic E-state index is 0.0183. The van der Waals surface area contributed by atoms with E-state index >= 15 is 0 Å². The Bertz CT molecular complexity index is 921. The molecular weight excluding hydrogens is 372 g/mol. The number of amides is 1. The average Bonchev–Trinajstić information content (AvgIpc) is 3.17. The molecule has 2 aromatic carbocycles. The maximum Gasteiger partial charge on any atom is 0.226 e. The van der Waals surface area contributed by atoms with E-state index in [4.69, 9.17) is 0 Å². The van der Waals surface area contributed by atoms with Gasteiger partial charge in [-0.3, -0.25) is 4.79 Å². The monoisotopic (exact) mass is 394 g/mol. The Labute approximate surface area is 168 Å². The number of aromatic nitrogens is 1. The first-order chi connectivity index (χ1) is 13.3. The summed E-state index contributed by atoms with van der Waals surface area (Å²) in [6.45, 7) is 0. The SMILES string of the molecule is O=C(CCSc1ccccc1)Nc1nc(-c2ccc3c(c2)CCCC3)cs1. The van der Waals surface area contributed by atoms with Gasteiger partial charge in [-0.05, 0) is 55.0 Å². The van der Waals surface area contributed by atoms with Crippen LogP contribution in [0.15, 0.2) is 58.8 Å². The molecule has 0 unspecified atom stereocenters. The summed E-state index contributed by atoms with van der Waals surface area (Å²) in [5, 5.41) is 5.64. The first-order valence-corrected chi connectivity index (χ1v) is 11.2. The first kappa shape index (κ1) is 18.3. The summed E-state index contributed by atoms with van der Waals surface area (Å²) in [5.41, 5.74) is 5.02. The summed E-state index contributed by atoms with van der Waals surface area (Å²) < 4.78 is 0. The molecule has 138 valence electrons. The number of carbonyl (C=O) groups is 1. The molecule has 0 bridgehead atoms. The third kappa shape index (κ3) is 4.79. The molecule has 1 N–H and O–H groups in total. The van der Waals surface area contributed by atoms with Gasteiger partial charge in [-0.2, -0.15) is 0 Å². The van der Waals surface area contributed by atoms with E-state index in [0.717, 1.165) is 23.4 Å². The highest BCUT2D eigenvalue weighted by molar-refractivity contribution is 7.99. The molecule has 0 spiro atoms. The van der Waals surface area contributed by atoms with E-state index < -0.39 is 0 Å². The van der Waals surface area contributed by atoms with Gasteiger partial charge in [0.05, 0.1) is 5.69 Å². The van der Waals surface area contributed by atoms with E-state index in [2.05, 4.69) is 40.6 Å². The number of nitrogens with one attached hydrogen (secondary N) is 1. The second-order valence-corrected chi connectivity index (χ2v) is 8.71. The van der Waals surface area contributed by atoms with E-state index in [-0.39, 0.29) is 5.91 Å². The highest BCUT2D eigenvalue weighted by atomic mass is 32.2. The van der Waals surface area contributed by atoms with Crippen LogP contribution in [0.3, 0.4) is 0 Å². The molecule has 1 aliphatic carbocycles. The van der Waals surface area contributed by atoms with Crippen molar-refractivity contribution >= 4 is 34.1 Å². The number of aryl methyl sites for hydroxylation is 2. The van der Waals surface area contributed by atoms with Crippen LogP contribution in [0.1, 0.15) is 30.4 Å². The number of anilines is 1. The molecule has 0 aliphatic heterocycles. The predicted molar refractivity (Wildman–Crippen MR) is 115 cm³/mol. The summed E-state index contributed by atoms with van der Waals surface area (Å²) in [6, 6.07) is 16.8. The lowest BCUT2D eigenvalue weighted by molar-refractivity contribution is -0.115. The number of thiazole rings is 1. The van der Waals surface area contributed by atoms with Crippen LogP contribution in [0, 0.1) is 0 Å². The lowest BCUT2D eigenvalue weighted by Crippen LogP contribution is -2.11. The van der Waals surface area contributed by atoms with Crippen molar-refractivity contribution in [1.82, 2.24) is 4.98 Å². The van der Waals surface area contributed by atoms with Gasteiger partial charge in [0.2, 0.25) is 5.91 Å². The standard InChI is InChI=1S/C22H22N2OS2/c25-21(12-13-26-19-8-2-1-3-9-19)24-22-23-20(15-27-22)18-11-10-16-6-4-5-7-17(16)14-18/h1-3,8-11,14-15H,4-7,12-13H2,(H,23,24,25). The zero-order chi connectivity index (χ0) is 18.5. The van der Waals surface area contributed by atoms with Crippen LogP contribution >= 0.6 is 23.1 Å². The molecular formula is C22H22N2OS2. The van der Waals surface area contributed by atoms with E-state index in [1.165, 1.54) is 46.6 Å². The molecule has 1 aliphatic rings. The van der Waals surface area contributed by atoms with Gasteiger partial charge in [0.25, 0.3) is 0 Å². The smallest absolute Gasteiger partial charge is 0.226 e. The minimum Gasteiger partial charge on any atom is -0.302 e. The van der Waals surface area contributed by atoms with Crippen LogP contribution in [0.5, 0.6) is 0 Å². The number of hydrogen-bond donors (Lipinski definition) is 1. The van der Waals surface area contributed by atoms with Crippen LogP contribution < -0.4 is 5.32 Å². The average molecular weight is 395 g/mol. The molecule has 27 heavy (non-hydrogen) atoms. The van der Waals surface area contributed by atoms with Crippen molar-refractivity contribution in [2.75, 3.05) is 11.1 Å². The van der Waals surface area contributed by atoms with Gasteiger partial charge in [-0.25, -0.2) is 4.98 Å². The number of hydrogen-bond acceptors (Lipinski definition) is 4. The lowest BCUT2D eigenvalue weighted by atomic mass is 9.90. The molecule has 1 amide bonds. The highest BCUT2D eigenvalue weighted by Gasteiger charge is 2.12. The van der Waals surface area contributed by atoms with Gasteiger partial charge < -0.3 is 5.32 Å². The Morgan fingerprint density at radius 1 is 1.07 bits per heavy atom. The van der Waals surface area contributed by atoms with Crippen LogP contribution in [0.25, 0.3) is 11.3 Å². The van der Waals surface area contributed by atoms with Crippen LogP contribution in [-0.4, -0.2) is 16.6 Å².